The summed E-state index contributed by atoms with van der Waals surface area (Å²) in [6.07, 6.45) is 0.612. The van der Waals surface area contributed by atoms with E-state index in [9.17, 15) is 26.0 Å². The lowest BCUT2D eigenvalue weighted by atomic mass is 10.1. The molecule has 0 aliphatic carbocycles. The minimum atomic E-state index is -4.64. The van der Waals surface area contributed by atoms with E-state index in [1.54, 1.807) is 0 Å². The van der Waals surface area contributed by atoms with Crippen molar-refractivity contribution in [1.29, 1.82) is 0 Å². The van der Waals surface area contributed by atoms with Gasteiger partial charge >= 0.3 is 0 Å². The first-order chi connectivity index (χ1) is 9.25. The SMILES string of the molecule is Cl.NC1CCN(S(=O)(=O)c2c(F)c(F)cc(F)c2F)CC1. The lowest BCUT2D eigenvalue weighted by Crippen LogP contribution is -2.43. The summed E-state index contributed by atoms with van der Waals surface area (Å²) < 4.78 is 78.3. The molecular weight excluding hydrogens is 336 g/mol. The van der Waals surface area contributed by atoms with Crippen LogP contribution >= 0.6 is 12.4 Å². The van der Waals surface area contributed by atoms with Crippen molar-refractivity contribution < 1.29 is 26.0 Å². The molecule has 0 amide bonds. The summed E-state index contributed by atoms with van der Waals surface area (Å²) >= 11 is 0. The highest BCUT2D eigenvalue weighted by Gasteiger charge is 2.35. The van der Waals surface area contributed by atoms with Crippen LogP contribution in [0, 0.1) is 23.3 Å². The van der Waals surface area contributed by atoms with Gasteiger partial charge in [0.05, 0.1) is 0 Å². The molecule has 2 N–H and O–H groups in total. The second-order valence-corrected chi connectivity index (χ2v) is 6.41. The monoisotopic (exact) mass is 348 g/mol. The second-order valence-electron chi connectivity index (χ2n) is 4.54. The highest BCUT2D eigenvalue weighted by atomic mass is 35.5. The first-order valence-corrected chi connectivity index (χ1v) is 7.28. The van der Waals surface area contributed by atoms with Crippen LogP contribution in [-0.2, 0) is 10.0 Å². The molecule has 21 heavy (non-hydrogen) atoms. The van der Waals surface area contributed by atoms with Crippen molar-refractivity contribution >= 4 is 22.4 Å². The number of rotatable bonds is 2. The van der Waals surface area contributed by atoms with Crippen LogP contribution in [0.15, 0.2) is 11.0 Å². The summed E-state index contributed by atoms with van der Waals surface area (Å²) in [5, 5.41) is 0. The number of hydrogen-bond donors (Lipinski definition) is 1. The van der Waals surface area contributed by atoms with E-state index in [1.165, 1.54) is 0 Å². The van der Waals surface area contributed by atoms with Crippen molar-refractivity contribution in [2.24, 2.45) is 5.73 Å². The van der Waals surface area contributed by atoms with Gasteiger partial charge in [0.25, 0.3) is 0 Å². The number of halogens is 5. The third-order valence-corrected chi connectivity index (χ3v) is 5.09. The highest BCUT2D eigenvalue weighted by molar-refractivity contribution is 7.89. The van der Waals surface area contributed by atoms with E-state index in [0.717, 1.165) is 4.31 Å². The van der Waals surface area contributed by atoms with Gasteiger partial charge in [0.2, 0.25) is 10.0 Å². The largest absolute Gasteiger partial charge is 0.328 e. The Morgan fingerprint density at radius 1 is 1.05 bits per heavy atom. The average Bonchev–Trinajstić information content (AvgIpc) is 2.37. The van der Waals surface area contributed by atoms with Gasteiger partial charge in [0, 0.05) is 25.2 Å². The van der Waals surface area contributed by atoms with Gasteiger partial charge in [-0.2, -0.15) is 4.31 Å². The summed E-state index contributed by atoms with van der Waals surface area (Å²) in [4.78, 5) is -1.59. The van der Waals surface area contributed by atoms with Crippen LogP contribution in [0.4, 0.5) is 17.6 Å². The minimum Gasteiger partial charge on any atom is -0.328 e. The fourth-order valence-corrected chi connectivity index (χ4v) is 3.62. The van der Waals surface area contributed by atoms with E-state index in [4.69, 9.17) is 5.73 Å². The lowest BCUT2D eigenvalue weighted by molar-refractivity contribution is 0.315. The van der Waals surface area contributed by atoms with Crippen molar-refractivity contribution in [3.05, 3.63) is 29.3 Å². The molecule has 10 heteroatoms. The Hall–Kier alpha value is -0.900. The molecule has 0 bridgehead atoms. The van der Waals surface area contributed by atoms with Crippen molar-refractivity contribution in [1.82, 2.24) is 4.31 Å². The summed E-state index contributed by atoms with van der Waals surface area (Å²) in [5.41, 5.74) is 5.60. The Kier molecular flexibility index (Phi) is 5.59. The van der Waals surface area contributed by atoms with Crippen molar-refractivity contribution in [3.63, 3.8) is 0 Å². The molecular formula is C11H13ClF4N2O2S. The van der Waals surface area contributed by atoms with E-state index in [-0.39, 0.29) is 37.6 Å². The molecule has 0 atom stereocenters. The highest BCUT2D eigenvalue weighted by Crippen LogP contribution is 2.28. The fraction of sp³-hybridized carbons (Fsp3) is 0.455. The molecule has 2 rings (SSSR count). The lowest BCUT2D eigenvalue weighted by Gasteiger charge is -2.29. The first kappa shape index (κ1) is 18.1. The Bertz CT molecular complexity index is 607. The number of benzene rings is 1. The Morgan fingerprint density at radius 2 is 1.48 bits per heavy atom. The van der Waals surface area contributed by atoms with Crippen LogP contribution in [0.5, 0.6) is 0 Å². The third kappa shape index (κ3) is 3.31. The summed E-state index contributed by atoms with van der Waals surface area (Å²) in [5.74, 6) is -7.34. The maximum atomic E-state index is 13.6. The van der Waals surface area contributed by atoms with Crippen LogP contribution in [0.1, 0.15) is 12.8 Å². The van der Waals surface area contributed by atoms with E-state index in [2.05, 4.69) is 0 Å². The molecule has 1 fully saturated rings. The van der Waals surface area contributed by atoms with Crippen molar-refractivity contribution in [2.75, 3.05) is 13.1 Å². The maximum Gasteiger partial charge on any atom is 0.249 e. The molecule has 0 spiro atoms. The topological polar surface area (TPSA) is 63.4 Å². The number of nitrogens with zero attached hydrogens (tertiary/aromatic N) is 1. The van der Waals surface area contributed by atoms with Gasteiger partial charge in [0.1, 0.15) is 0 Å². The van der Waals surface area contributed by atoms with Gasteiger partial charge in [-0.15, -0.1) is 12.4 Å². The summed E-state index contributed by atoms with van der Waals surface area (Å²) in [7, 11) is -4.64. The predicted octanol–water partition coefficient (Wildman–Crippen LogP) is 1.78. The Balaban J connectivity index is 0.00000220. The van der Waals surface area contributed by atoms with Gasteiger partial charge in [-0.3, -0.25) is 0 Å². The molecule has 4 nitrogen and oxygen atoms in total. The first-order valence-electron chi connectivity index (χ1n) is 5.84. The van der Waals surface area contributed by atoms with E-state index < -0.39 is 38.2 Å². The average molecular weight is 349 g/mol. The molecule has 1 aromatic carbocycles. The van der Waals surface area contributed by atoms with Crippen LogP contribution in [0.25, 0.3) is 0 Å². The molecule has 1 aliphatic rings. The molecule has 1 aliphatic heterocycles. The minimum absolute atomic E-state index is 0. The quantitative estimate of drug-likeness (QED) is 0.654. The molecule has 0 radical (unpaired) electrons. The Labute approximate surface area is 125 Å². The summed E-state index contributed by atoms with van der Waals surface area (Å²) in [6.45, 7) is -0.110. The van der Waals surface area contributed by atoms with Crippen LogP contribution < -0.4 is 5.73 Å². The predicted molar refractivity (Wildman–Crippen MR) is 69.5 cm³/mol. The zero-order chi connectivity index (χ0) is 15.1. The second kappa shape index (κ2) is 6.47. The molecule has 0 aromatic heterocycles. The molecule has 1 heterocycles. The number of nitrogens with two attached hydrogens (primary N) is 1. The van der Waals surface area contributed by atoms with Crippen molar-refractivity contribution in [2.45, 2.75) is 23.8 Å². The number of sulfonamides is 1. The fourth-order valence-electron chi connectivity index (χ4n) is 2.02. The third-order valence-electron chi connectivity index (χ3n) is 3.17. The molecule has 0 saturated carbocycles. The maximum absolute atomic E-state index is 13.6. The number of hydrogen-bond acceptors (Lipinski definition) is 3. The standard InChI is InChI=1S/C11H12F4N2O2S.ClH/c12-7-5-8(13)10(15)11(9(7)14)20(18,19)17-3-1-6(16)2-4-17;/h5-6H,1-4,16H2;1H. The summed E-state index contributed by atoms with van der Waals surface area (Å²) in [6, 6.07) is -0.240. The van der Waals surface area contributed by atoms with Gasteiger partial charge < -0.3 is 5.73 Å². The van der Waals surface area contributed by atoms with Crippen LogP contribution in [0.3, 0.4) is 0 Å². The smallest absolute Gasteiger partial charge is 0.249 e. The van der Waals surface area contributed by atoms with Crippen LogP contribution in [-0.4, -0.2) is 31.9 Å². The van der Waals surface area contributed by atoms with Gasteiger partial charge in [-0.25, -0.2) is 26.0 Å². The normalized spacial score (nSPS) is 17.6. The van der Waals surface area contributed by atoms with Crippen molar-refractivity contribution in [3.8, 4) is 0 Å². The van der Waals surface area contributed by atoms with E-state index in [0.29, 0.717) is 12.8 Å². The van der Waals surface area contributed by atoms with E-state index in [1.807, 2.05) is 0 Å². The number of piperidine rings is 1. The molecule has 1 aromatic rings. The zero-order valence-electron chi connectivity index (χ0n) is 10.7. The molecule has 0 unspecified atom stereocenters. The van der Waals surface area contributed by atoms with Crippen LogP contribution in [0.2, 0.25) is 0 Å². The molecule has 1 saturated heterocycles. The van der Waals surface area contributed by atoms with Gasteiger partial charge in [-0.1, -0.05) is 0 Å². The van der Waals surface area contributed by atoms with Gasteiger partial charge in [0.15, 0.2) is 28.2 Å². The van der Waals surface area contributed by atoms with E-state index >= 15 is 0 Å². The van der Waals surface area contributed by atoms with Gasteiger partial charge in [-0.05, 0) is 12.8 Å². The Morgan fingerprint density at radius 3 is 1.90 bits per heavy atom. The molecule has 120 valence electrons. The zero-order valence-corrected chi connectivity index (χ0v) is 12.3.